The summed E-state index contributed by atoms with van der Waals surface area (Å²) in [7, 11) is -3.80. The lowest BCUT2D eigenvalue weighted by atomic mass is 10.1. The fraction of sp³-hybridized carbons (Fsp3) is 0.143. The molecule has 112 valence electrons. The number of hydrogen-bond donors (Lipinski definition) is 2. The Balaban J connectivity index is 2.01. The van der Waals surface area contributed by atoms with Crippen LogP contribution >= 0.6 is 0 Å². The summed E-state index contributed by atoms with van der Waals surface area (Å²) < 4.78 is 52.3. The van der Waals surface area contributed by atoms with Gasteiger partial charge in [0.15, 0.2) is 0 Å². The first-order valence-corrected chi connectivity index (χ1v) is 7.66. The van der Waals surface area contributed by atoms with Crippen LogP contribution in [0, 0.1) is 11.6 Å². The molecular weight excluding hydrogens is 298 g/mol. The Hall–Kier alpha value is -1.99. The highest BCUT2D eigenvalue weighted by atomic mass is 32.2. The Bertz CT molecular complexity index is 731. The van der Waals surface area contributed by atoms with Crippen LogP contribution < -0.4 is 10.5 Å². The zero-order valence-electron chi connectivity index (χ0n) is 11.0. The van der Waals surface area contributed by atoms with Crippen molar-refractivity contribution in [2.24, 2.45) is 0 Å². The van der Waals surface area contributed by atoms with Crippen molar-refractivity contribution in [1.82, 2.24) is 4.72 Å². The van der Waals surface area contributed by atoms with Gasteiger partial charge in [0, 0.05) is 6.54 Å². The van der Waals surface area contributed by atoms with E-state index in [1.54, 1.807) is 12.1 Å². The van der Waals surface area contributed by atoms with Crippen molar-refractivity contribution in [2.45, 2.75) is 11.3 Å². The molecule has 0 amide bonds. The summed E-state index contributed by atoms with van der Waals surface area (Å²) in [5.74, 6) is -1.13. The van der Waals surface area contributed by atoms with Gasteiger partial charge in [-0.3, -0.25) is 0 Å². The van der Waals surface area contributed by atoms with Crippen LogP contribution in [0.3, 0.4) is 0 Å². The molecule has 2 rings (SSSR count). The number of nitrogen functional groups attached to an aromatic ring is 1. The second-order valence-corrected chi connectivity index (χ2v) is 6.22. The van der Waals surface area contributed by atoms with Gasteiger partial charge in [-0.1, -0.05) is 12.1 Å². The van der Waals surface area contributed by atoms with Crippen LogP contribution in [0.2, 0.25) is 0 Å². The lowest BCUT2D eigenvalue weighted by molar-refractivity contribution is 0.578. The van der Waals surface area contributed by atoms with Crippen molar-refractivity contribution in [3.05, 3.63) is 59.7 Å². The minimum atomic E-state index is -3.80. The Morgan fingerprint density at radius 1 is 1.05 bits per heavy atom. The Labute approximate surface area is 121 Å². The molecule has 0 aliphatic heterocycles. The first kappa shape index (κ1) is 15.4. The van der Waals surface area contributed by atoms with Gasteiger partial charge in [-0.05, 0) is 42.3 Å². The van der Waals surface area contributed by atoms with Gasteiger partial charge in [0.1, 0.15) is 11.6 Å². The second-order valence-electron chi connectivity index (χ2n) is 4.46. The van der Waals surface area contributed by atoms with Crippen LogP contribution in [0.15, 0.2) is 47.4 Å². The van der Waals surface area contributed by atoms with Gasteiger partial charge >= 0.3 is 0 Å². The van der Waals surface area contributed by atoms with E-state index >= 15 is 0 Å². The molecule has 0 spiro atoms. The Kier molecular flexibility index (Phi) is 4.54. The molecule has 0 saturated carbocycles. The van der Waals surface area contributed by atoms with Gasteiger partial charge in [0.25, 0.3) is 0 Å². The van der Waals surface area contributed by atoms with E-state index in [1.165, 1.54) is 24.3 Å². The molecule has 0 bridgehead atoms. The normalized spacial score (nSPS) is 11.5. The SMILES string of the molecule is Nc1ccc(S(=O)(=O)NCCc2ccc(F)cc2)cc1F. The van der Waals surface area contributed by atoms with Crippen molar-refractivity contribution >= 4 is 15.7 Å². The molecule has 4 nitrogen and oxygen atoms in total. The van der Waals surface area contributed by atoms with Crippen LogP contribution in [-0.4, -0.2) is 15.0 Å². The number of sulfonamides is 1. The zero-order chi connectivity index (χ0) is 15.5. The van der Waals surface area contributed by atoms with Crippen LogP contribution in [0.4, 0.5) is 14.5 Å². The van der Waals surface area contributed by atoms with Crippen LogP contribution in [-0.2, 0) is 16.4 Å². The lowest BCUT2D eigenvalue weighted by Gasteiger charge is -2.07. The molecule has 0 radical (unpaired) electrons. The summed E-state index contributed by atoms with van der Waals surface area (Å²) in [6.45, 7) is 0.125. The predicted molar refractivity (Wildman–Crippen MR) is 76.1 cm³/mol. The van der Waals surface area contributed by atoms with Gasteiger partial charge in [-0.25, -0.2) is 21.9 Å². The summed E-state index contributed by atoms with van der Waals surface area (Å²) in [6.07, 6.45) is 0.400. The highest BCUT2D eigenvalue weighted by Crippen LogP contribution is 2.16. The molecular formula is C14H14F2N2O2S. The van der Waals surface area contributed by atoms with Crippen molar-refractivity contribution < 1.29 is 17.2 Å². The van der Waals surface area contributed by atoms with E-state index in [-0.39, 0.29) is 22.9 Å². The minimum absolute atomic E-state index is 0.111. The first-order chi connectivity index (χ1) is 9.88. The molecule has 0 heterocycles. The molecule has 2 aromatic carbocycles. The van der Waals surface area contributed by atoms with Crippen molar-refractivity contribution in [1.29, 1.82) is 0 Å². The standard InChI is InChI=1S/C14H14F2N2O2S/c15-11-3-1-10(2-4-11)7-8-18-21(19,20)12-5-6-14(17)13(16)9-12/h1-6,9,18H,7-8,17H2. The summed E-state index contributed by atoms with van der Waals surface area (Å²) >= 11 is 0. The van der Waals surface area contributed by atoms with E-state index in [4.69, 9.17) is 5.73 Å². The van der Waals surface area contributed by atoms with Gasteiger partial charge in [0.2, 0.25) is 10.0 Å². The van der Waals surface area contributed by atoms with Gasteiger partial charge < -0.3 is 5.73 Å². The average Bonchev–Trinajstić information content (AvgIpc) is 2.44. The smallest absolute Gasteiger partial charge is 0.240 e. The largest absolute Gasteiger partial charge is 0.396 e. The minimum Gasteiger partial charge on any atom is -0.396 e. The maximum absolute atomic E-state index is 13.3. The molecule has 0 aromatic heterocycles. The number of rotatable bonds is 5. The summed E-state index contributed by atoms with van der Waals surface area (Å²) in [5.41, 5.74) is 5.98. The highest BCUT2D eigenvalue weighted by molar-refractivity contribution is 7.89. The molecule has 21 heavy (non-hydrogen) atoms. The fourth-order valence-electron chi connectivity index (χ4n) is 1.74. The molecule has 3 N–H and O–H groups in total. The molecule has 0 unspecified atom stereocenters. The molecule has 0 atom stereocenters. The fourth-order valence-corrected chi connectivity index (χ4v) is 2.78. The number of halogens is 2. The Morgan fingerprint density at radius 3 is 2.33 bits per heavy atom. The van der Waals surface area contributed by atoms with Crippen LogP contribution in [0.1, 0.15) is 5.56 Å². The summed E-state index contributed by atoms with van der Waals surface area (Å²) in [6, 6.07) is 9.06. The molecule has 0 saturated heterocycles. The number of nitrogens with two attached hydrogens (primary N) is 1. The van der Waals surface area contributed by atoms with Gasteiger partial charge in [-0.2, -0.15) is 0 Å². The van der Waals surface area contributed by atoms with Gasteiger partial charge in [-0.15, -0.1) is 0 Å². The number of nitrogens with one attached hydrogen (secondary N) is 1. The monoisotopic (exact) mass is 312 g/mol. The average molecular weight is 312 g/mol. The van der Waals surface area contributed by atoms with Crippen LogP contribution in [0.5, 0.6) is 0 Å². The van der Waals surface area contributed by atoms with E-state index in [9.17, 15) is 17.2 Å². The quantitative estimate of drug-likeness (QED) is 0.830. The number of anilines is 1. The summed E-state index contributed by atoms with van der Waals surface area (Å²) in [5, 5.41) is 0. The van der Waals surface area contributed by atoms with E-state index in [0.29, 0.717) is 6.42 Å². The second kappa shape index (κ2) is 6.19. The first-order valence-electron chi connectivity index (χ1n) is 6.17. The molecule has 2 aromatic rings. The van der Waals surface area contributed by atoms with Crippen molar-refractivity contribution in [2.75, 3.05) is 12.3 Å². The third-order valence-corrected chi connectivity index (χ3v) is 4.36. The van der Waals surface area contributed by atoms with Crippen molar-refractivity contribution in [3.8, 4) is 0 Å². The molecule has 0 fully saturated rings. The molecule has 7 heteroatoms. The Morgan fingerprint density at radius 2 is 1.71 bits per heavy atom. The molecule has 0 aliphatic carbocycles. The van der Waals surface area contributed by atoms with E-state index < -0.39 is 15.8 Å². The predicted octanol–water partition coefficient (Wildman–Crippen LogP) is 2.07. The van der Waals surface area contributed by atoms with Crippen molar-refractivity contribution in [3.63, 3.8) is 0 Å². The van der Waals surface area contributed by atoms with E-state index in [2.05, 4.69) is 4.72 Å². The zero-order valence-corrected chi connectivity index (χ0v) is 11.8. The number of benzene rings is 2. The topological polar surface area (TPSA) is 72.2 Å². The lowest BCUT2D eigenvalue weighted by Crippen LogP contribution is -2.26. The maximum Gasteiger partial charge on any atom is 0.240 e. The number of hydrogen-bond acceptors (Lipinski definition) is 3. The molecule has 0 aliphatic rings. The highest BCUT2D eigenvalue weighted by Gasteiger charge is 2.15. The van der Waals surface area contributed by atoms with Crippen LogP contribution in [0.25, 0.3) is 0 Å². The maximum atomic E-state index is 13.3. The van der Waals surface area contributed by atoms with E-state index in [0.717, 1.165) is 11.6 Å². The third kappa shape index (κ3) is 3.99. The van der Waals surface area contributed by atoms with Gasteiger partial charge in [0.05, 0.1) is 10.6 Å². The third-order valence-electron chi connectivity index (χ3n) is 2.90. The summed E-state index contributed by atoms with van der Waals surface area (Å²) in [4.78, 5) is -0.187. The van der Waals surface area contributed by atoms with E-state index in [1.807, 2.05) is 0 Å².